The Morgan fingerprint density at radius 3 is 2.59 bits per heavy atom. The van der Waals surface area contributed by atoms with Gasteiger partial charge in [0.05, 0.1) is 0 Å². The van der Waals surface area contributed by atoms with Crippen molar-refractivity contribution in [1.82, 2.24) is 10.2 Å². The van der Waals surface area contributed by atoms with Crippen LogP contribution in [0.5, 0.6) is 0 Å². The van der Waals surface area contributed by atoms with Crippen LogP contribution in [-0.4, -0.2) is 40.6 Å². The second-order valence-electron chi connectivity index (χ2n) is 5.07. The van der Waals surface area contributed by atoms with E-state index < -0.39 is 11.5 Å². The maximum Gasteiger partial charge on any atom is 0.329 e. The van der Waals surface area contributed by atoms with Gasteiger partial charge in [-0.05, 0) is 31.6 Å². The molecule has 17 heavy (non-hydrogen) atoms. The lowest BCUT2D eigenvalue weighted by Crippen LogP contribution is -2.57. The van der Waals surface area contributed by atoms with E-state index in [0.717, 1.165) is 19.3 Å². The summed E-state index contributed by atoms with van der Waals surface area (Å²) in [5.41, 5.74) is -0.952. The summed E-state index contributed by atoms with van der Waals surface area (Å²) in [6.07, 6.45) is 4.10. The zero-order chi connectivity index (χ0) is 12.5. The molecule has 2 N–H and O–H groups in total. The van der Waals surface area contributed by atoms with Gasteiger partial charge in [0, 0.05) is 13.1 Å². The van der Waals surface area contributed by atoms with Gasteiger partial charge in [0.1, 0.15) is 5.54 Å². The first kappa shape index (κ1) is 12.2. The van der Waals surface area contributed by atoms with Crippen LogP contribution in [0.15, 0.2) is 0 Å². The third kappa shape index (κ3) is 1.98. The van der Waals surface area contributed by atoms with Gasteiger partial charge in [0.2, 0.25) is 0 Å². The van der Waals surface area contributed by atoms with Gasteiger partial charge in [-0.15, -0.1) is 0 Å². The summed E-state index contributed by atoms with van der Waals surface area (Å²) in [5.74, 6) is -0.225. The number of hydrogen-bond donors (Lipinski definition) is 2. The summed E-state index contributed by atoms with van der Waals surface area (Å²) >= 11 is 0. The van der Waals surface area contributed by atoms with Crippen molar-refractivity contribution in [2.45, 2.75) is 44.6 Å². The van der Waals surface area contributed by atoms with E-state index >= 15 is 0 Å². The van der Waals surface area contributed by atoms with Gasteiger partial charge in [-0.25, -0.2) is 9.59 Å². The lowest BCUT2D eigenvalue weighted by atomic mass is 9.74. The number of carboxylic acids is 1. The third-order valence-corrected chi connectivity index (χ3v) is 4.28. The molecule has 0 unspecified atom stereocenters. The number of hydrogen-bond acceptors (Lipinski definition) is 2. The minimum atomic E-state index is -0.952. The number of carbonyl (C=O) groups excluding carboxylic acids is 1. The van der Waals surface area contributed by atoms with Crippen molar-refractivity contribution in [3.63, 3.8) is 0 Å². The normalized spacial score (nSPS) is 33.6. The average molecular weight is 240 g/mol. The first-order chi connectivity index (χ1) is 8.10. The molecule has 5 nitrogen and oxygen atoms in total. The summed E-state index contributed by atoms with van der Waals surface area (Å²) in [4.78, 5) is 24.8. The Labute approximate surface area is 101 Å². The van der Waals surface area contributed by atoms with Crippen LogP contribution in [0.1, 0.15) is 39.0 Å². The average Bonchev–Trinajstić information content (AvgIpc) is 2.76. The Bertz CT molecular complexity index is 322. The monoisotopic (exact) mass is 240 g/mol. The fourth-order valence-corrected chi connectivity index (χ4v) is 3.04. The van der Waals surface area contributed by atoms with Crippen molar-refractivity contribution in [1.29, 1.82) is 0 Å². The Balaban J connectivity index is 2.17. The second-order valence-corrected chi connectivity index (χ2v) is 5.07. The smallest absolute Gasteiger partial charge is 0.329 e. The number of rotatable bonds is 3. The molecular weight excluding hydrogens is 220 g/mol. The van der Waals surface area contributed by atoms with Crippen LogP contribution in [0.3, 0.4) is 0 Å². The second kappa shape index (κ2) is 4.55. The first-order valence-corrected chi connectivity index (χ1v) is 6.39. The number of urea groups is 1. The molecule has 0 radical (unpaired) electrons. The van der Waals surface area contributed by atoms with Crippen molar-refractivity contribution >= 4 is 12.0 Å². The lowest BCUT2D eigenvalue weighted by molar-refractivity contribution is -0.152. The molecule has 0 spiro atoms. The molecule has 1 aliphatic carbocycles. The maximum atomic E-state index is 11.7. The molecule has 2 fully saturated rings. The Morgan fingerprint density at radius 1 is 1.53 bits per heavy atom. The van der Waals surface area contributed by atoms with E-state index in [4.69, 9.17) is 0 Å². The molecule has 1 heterocycles. The summed E-state index contributed by atoms with van der Waals surface area (Å²) in [6.45, 7) is 3.22. The van der Waals surface area contributed by atoms with E-state index in [1.807, 2.05) is 0 Å². The predicted octanol–water partition coefficient (Wildman–Crippen LogP) is 1.44. The van der Waals surface area contributed by atoms with Gasteiger partial charge < -0.3 is 15.3 Å². The van der Waals surface area contributed by atoms with Gasteiger partial charge in [0.15, 0.2) is 0 Å². The topological polar surface area (TPSA) is 69.6 Å². The zero-order valence-electron chi connectivity index (χ0n) is 10.2. The van der Waals surface area contributed by atoms with Crippen molar-refractivity contribution in [3.05, 3.63) is 0 Å². The van der Waals surface area contributed by atoms with E-state index in [1.165, 1.54) is 4.90 Å². The molecule has 2 rings (SSSR count). The molecule has 0 aromatic carbocycles. The number of amides is 2. The Morgan fingerprint density at radius 2 is 2.18 bits per heavy atom. The van der Waals surface area contributed by atoms with Crippen LogP contribution < -0.4 is 5.32 Å². The van der Waals surface area contributed by atoms with Gasteiger partial charge in [-0.2, -0.15) is 0 Å². The van der Waals surface area contributed by atoms with E-state index in [9.17, 15) is 14.7 Å². The van der Waals surface area contributed by atoms with Gasteiger partial charge in [-0.3, -0.25) is 0 Å². The molecule has 0 atom stereocenters. The molecule has 0 aromatic rings. The molecule has 1 aliphatic heterocycles. The van der Waals surface area contributed by atoms with Gasteiger partial charge in [0.25, 0.3) is 0 Å². The van der Waals surface area contributed by atoms with Gasteiger partial charge >= 0.3 is 12.0 Å². The van der Waals surface area contributed by atoms with E-state index in [2.05, 4.69) is 12.2 Å². The fraction of sp³-hybridized carbons (Fsp3) is 0.833. The molecule has 0 bridgehead atoms. The lowest BCUT2D eigenvalue weighted by Gasteiger charge is -2.42. The summed E-state index contributed by atoms with van der Waals surface area (Å²) in [5, 5.41) is 12.2. The van der Waals surface area contributed by atoms with Crippen LogP contribution in [0.25, 0.3) is 0 Å². The van der Waals surface area contributed by atoms with Crippen LogP contribution in [0.2, 0.25) is 0 Å². The number of carbonyl (C=O) groups is 2. The van der Waals surface area contributed by atoms with Crippen molar-refractivity contribution in [3.8, 4) is 0 Å². The van der Waals surface area contributed by atoms with Crippen LogP contribution in [0.4, 0.5) is 4.79 Å². The molecule has 2 amide bonds. The Kier molecular flexibility index (Phi) is 3.26. The quantitative estimate of drug-likeness (QED) is 0.784. The molecular formula is C12H20N2O3. The highest BCUT2D eigenvalue weighted by molar-refractivity contribution is 5.87. The molecule has 96 valence electrons. The largest absolute Gasteiger partial charge is 0.479 e. The molecule has 2 aliphatic rings. The van der Waals surface area contributed by atoms with Crippen molar-refractivity contribution < 1.29 is 14.7 Å². The highest BCUT2D eigenvalue weighted by Gasteiger charge is 2.49. The number of nitrogens with zero attached hydrogens (tertiary/aromatic N) is 1. The molecule has 0 aromatic heterocycles. The summed E-state index contributed by atoms with van der Waals surface area (Å²) in [6, 6.07) is -0.220. The maximum absolute atomic E-state index is 11.7. The van der Waals surface area contributed by atoms with E-state index in [1.54, 1.807) is 0 Å². The van der Waals surface area contributed by atoms with Crippen LogP contribution >= 0.6 is 0 Å². The standard InChI is InChI=1S/C12H20N2O3/c1-2-9-3-5-12(6-4-9,10(15)16)14-8-7-13-11(14)17/h9H,2-8H2,1H3,(H,13,17)(H,15,16). The number of aliphatic carboxylic acids is 1. The number of carboxylic acid groups (broad SMARTS) is 1. The van der Waals surface area contributed by atoms with Crippen molar-refractivity contribution in [2.75, 3.05) is 13.1 Å². The molecule has 5 heteroatoms. The highest BCUT2D eigenvalue weighted by Crippen LogP contribution is 2.38. The minimum absolute atomic E-state index is 0.220. The zero-order valence-corrected chi connectivity index (χ0v) is 10.2. The van der Waals surface area contributed by atoms with E-state index in [0.29, 0.717) is 31.8 Å². The summed E-state index contributed by atoms with van der Waals surface area (Å²) in [7, 11) is 0. The molecule has 1 saturated heterocycles. The Hall–Kier alpha value is -1.26. The minimum Gasteiger partial charge on any atom is -0.479 e. The summed E-state index contributed by atoms with van der Waals surface area (Å²) < 4.78 is 0. The van der Waals surface area contributed by atoms with E-state index in [-0.39, 0.29) is 6.03 Å². The fourth-order valence-electron chi connectivity index (χ4n) is 3.04. The predicted molar refractivity (Wildman–Crippen MR) is 62.7 cm³/mol. The first-order valence-electron chi connectivity index (χ1n) is 6.39. The SMILES string of the molecule is CCC1CCC(C(=O)O)(N2CCNC2=O)CC1. The van der Waals surface area contributed by atoms with Gasteiger partial charge in [-0.1, -0.05) is 13.3 Å². The van der Waals surface area contributed by atoms with Crippen LogP contribution in [0, 0.1) is 5.92 Å². The van der Waals surface area contributed by atoms with Crippen LogP contribution in [-0.2, 0) is 4.79 Å². The number of nitrogens with one attached hydrogen (secondary N) is 1. The van der Waals surface area contributed by atoms with Crippen molar-refractivity contribution in [2.24, 2.45) is 5.92 Å². The third-order valence-electron chi connectivity index (χ3n) is 4.28. The highest BCUT2D eigenvalue weighted by atomic mass is 16.4. The molecule has 1 saturated carbocycles.